The van der Waals surface area contributed by atoms with E-state index in [-0.39, 0.29) is 12.5 Å². The highest BCUT2D eigenvalue weighted by Gasteiger charge is 2.18. The van der Waals surface area contributed by atoms with Crippen molar-refractivity contribution in [2.45, 2.75) is 0 Å². The van der Waals surface area contributed by atoms with Crippen LogP contribution in [0.2, 0.25) is 5.02 Å². The van der Waals surface area contributed by atoms with E-state index in [9.17, 15) is 14.4 Å². The lowest BCUT2D eigenvalue weighted by atomic mass is 10.2. The number of hydrogen-bond acceptors (Lipinski definition) is 7. The van der Waals surface area contributed by atoms with Crippen LogP contribution in [0.25, 0.3) is 0 Å². The molecule has 0 saturated carbocycles. The van der Waals surface area contributed by atoms with Gasteiger partial charge in [0.05, 0.1) is 26.5 Å². The summed E-state index contributed by atoms with van der Waals surface area (Å²) in [5.74, 6) is -1.19. The van der Waals surface area contributed by atoms with E-state index in [1.54, 1.807) is 41.3 Å². The molecule has 3 rings (SSSR count). The Labute approximate surface area is 195 Å². The Morgan fingerprint density at radius 2 is 1.91 bits per heavy atom. The van der Waals surface area contributed by atoms with Crippen molar-refractivity contribution in [1.82, 2.24) is 10.3 Å². The second-order valence-corrected chi connectivity index (χ2v) is 7.29. The predicted octanol–water partition coefficient (Wildman–Crippen LogP) is 1.67. The maximum Gasteiger partial charge on any atom is 0.329 e. The molecule has 1 saturated heterocycles. The van der Waals surface area contributed by atoms with E-state index in [0.717, 1.165) is 0 Å². The summed E-state index contributed by atoms with van der Waals surface area (Å²) in [6.45, 7) is 1.99. The number of hydrogen-bond donors (Lipinski definition) is 2. The molecule has 0 spiro atoms. The van der Waals surface area contributed by atoms with Crippen LogP contribution in [0.4, 0.5) is 5.69 Å². The number of anilines is 1. The summed E-state index contributed by atoms with van der Waals surface area (Å²) in [7, 11) is 1.47. The Balaban J connectivity index is 1.52. The standard InChI is InChI=1S/C22H23ClN4O6/c1-31-19-11-15(5-6-18(19)33-14-20(28)27-7-9-32-10-8-27)13-24-26-22(30)21(29)25-17-4-2-3-16(23)12-17/h2-6,11-13H,7-10,14H2,1H3,(H,25,29)(H,26,30)/b24-13-. The van der Waals surface area contributed by atoms with E-state index in [1.807, 2.05) is 0 Å². The number of amides is 3. The third kappa shape index (κ3) is 7.19. The zero-order valence-electron chi connectivity index (χ0n) is 17.9. The van der Waals surface area contributed by atoms with Crippen molar-refractivity contribution in [2.24, 2.45) is 5.10 Å². The van der Waals surface area contributed by atoms with Gasteiger partial charge in [-0.1, -0.05) is 17.7 Å². The average Bonchev–Trinajstić information content (AvgIpc) is 2.83. The number of methoxy groups -OCH3 is 1. The van der Waals surface area contributed by atoms with Crippen LogP contribution in [0.5, 0.6) is 11.5 Å². The first-order valence-corrected chi connectivity index (χ1v) is 10.4. The van der Waals surface area contributed by atoms with Gasteiger partial charge in [-0.2, -0.15) is 5.10 Å². The van der Waals surface area contributed by atoms with E-state index >= 15 is 0 Å². The maximum absolute atomic E-state index is 12.2. The summed E-state index contributed by atoms with van der Waals surface area (Å²) in [5.41, 5.74) is 3.11. The Bertz CT molecular complexity index is 1040. The smallest absolute Gasteiger partial charge is 0.329 e. The molecular formula is C22H23ClN4O6. The van der Waals surface area contributed by atoms with Gasteiger partial charge in [-0.3, -0.25) is 14.4 Å². The maximum atomic E-state index is 12.2. The van der Waals surface area contributed by atoms with Gasteiger partial charge >= 0.3 is 11.8 Å². The number of benzene rings is 2. The SMILES string of the molecule is COc1cc(/C=N\NC(=O)C(=O)Nc2cccc(Cl)c2)ccc1OCC(=O)N1CCOCC1. The summed E-state index contributed by atoms with van der Waals surface area (Å²) < 4.78 is 16.1. The summed E-state index contributed by atoms with van der Waals surface area (Å²) in [6.07, 6.45) is 1.34. The number of carbonyl (C=O) groups excluding carboxylic acids is 3. The minimum Gasteiger partial charge on any atom is -0.493 e. The lowest BCUT2D eigenvalue weighted by Gasteiger charge is -2.26. The third-order valence-electron chi connectivity index (χ3n) is 4.57. The van der Waals surface area contributed by atoms with Crippen LogP contribution in [-0.2, 0) is 19.1 Å². The van der Waals surface area contributed by atoms with Gasteiger partial charge < -0.3 is 24.4 Å². The van der Waals surface area contributed by atoms with Crippen LogP contribution in [-0.4, -0.2) is 68.9 Å². The van der Waals surface area contributed by atoms with Gasteiger partial charge in [0, 0.05) is 23.8 Å². The number of carbonyl (C=O) groups is 3. The quantitative estimate of drug-likeness (QED) is 0.358. The van der Waals surface area contributed by atoms with Gasteiger partial charge in [0.15, 0.2) is 18.1 Å². The number of ether oxygens (including phenoxy) is 3. The monoisotopic (exact) mass is 474 g/mol. The first-order valence-electron chi connectivity index (χ1n) is 10.0. The molecule has 2 aromatic carbocycles. The highest BCUT2D eigenvalue weighted by atomic mass is 35.5. The highest BCUT2D eigenvalue weighted by molar-refractivity contribution is 6.39. The lowest BCUT2D eigenvalue weighted by Crippen LogP contribution is -2.43. The van der Waals surface area contributed by atoms with E-state index in [4.69, 9.17) is 25.8 Å². The molecule has 0 unspecified atom stereocenters. The highest BCUT2D eigenvalue weighted by Crippen LogP contribution is 2.27. The number of halogens is 1. The molecule has 33 heavy (non-hydrogen) atoms. The molecule has 1 fully saturated rings. The Hall–Kier alpha value is -3.63. The molecule has 1 heterocycles. The van der Waals surface area contributed by atoms with Crippen LogP contribution in [0, 0.1) is 0 Å². The number of nitrogens with zero attached hydrogens (tertiary/aromatic N) is 2. The molecule has 0 atom stereocenters. The summed E-state index contributed by atoms with van der Waals surface area (Å²) in [5, 5.41) is 6.63. The largest absolute Gasteiger partial charge is 0.493 e. The molecule has 0 aliphatic carbocycles. The van der Waals surface area contributed by atoms with E-state index < -0.39 is 11.8 Å². The van der Waals surface area contributed by atoms with Crippen molar-refractivity contribution < 1.29 is 28.6 Å². The van der Waals surface area contributed by atoms with E-state index in [1.165, 1.54) is 19.4 Å². The molecule has 10 nitrogen and oxygen atoms in total. The topological polar surface area (TPSA) is 119 Å². The van der Waals surface area contributed by atoms with Gasteiger partial charge in [-0.05, 0) is 42.0 Å². The van der Waals surface area contributed by atoms with Gasteiger partial charge in [-0.15, -0.1) is 0 Å². The fraction of sp³-hybridized carbons (Fsp3) is 0.273. The van der Waals surface area contributed by atoms with Crippen LogP contribution >= 0.6 is 11.6 Å². The predicted molar refractivity (Wildman–Crippen MR) is 122 cm³/mol. The van der Waals surface area contributed by atoms with Crippen LogP contribution in [0.1, 0.15) is 5.56 Å². The van der Waals surface area contributed by atoms with Gasteiger partial charge in [0.1, 0.15) is 0 Å². The summed E-state index contributed by atoms with van der Waals surface area (Å²) >= 11 is 5.85. The molecule has 2 aromatic rings. The molecule has 174 valence electrons. The van der Waals surface area contributed by atoms with Crippen molar-refractivity contribution >= 4 is 41.2 Å². The molecule has 11 heteroatoms. The van der Waals surface area contributed by atoms with Gasteiger partial charge in [0.2, 0.25) is 0 Å². The molecule has 1 aliphatic heterocycles. The van der Waals surface area contributed by atoms with Crippen LogP contribution < -0.4 is 20.2 Å². The van der Waals surface area contributed by atoms with E-state index in [0.29, 0.717) is 54.1 Å². The number of rotatable bonds is 7. The fourth-order valence-electron chi connectivity index (χ4n) is 2.90. The summed E-state index contributed by atoms with van der Waals surface area (Å²) in [6, 6.07) is 11.3. The van der Waals surface area contributed by atoms with Crippen molar-refractivity contribution in [1.29, 1.82) is 0 Å². The second-order valence-electron chi connectivity index (χ2n) is 6.86. The molecule has 0 aromatic heterocycles. The van der Waals surface area contributed by atoms with Crippen LogP contribution in [0.3, 0.4) is 0 Å². The first kappa shape index (κ1) is 24.0. The minimum atomic E-state index is -0.945. The zero-order chi connectivity index (χ0) is 23.6. The Kier molecular flexibility index (Phi) is 8.62. The van der Waals surface area contributed by atoms with Crippen molar-refractivity contribution in [3.63, 3.8) is 0 Å². The summed E-state index contributed by atoms with van der Waals surface area (Å²) in [4.78, 5) is 37.8. The molecule has 2 N–H and O–H groups in total. The molecule has 3 amide bonds. The Morgan fingerprint density at radius 3 is 2.64 bits per heavy atom. The third-order valence-corrected chi connectivity index (χ3v) is 4.81. The minimum absolute atomic E-state index is 0.123. The normalized spacial score (nSPS) is 13.5. The zero-order valence-corrected chi connectivity index (χ0v) is 18.6. The van der Waals surface area contributed by atoms with Crippen molar-refractivity contribution in [3.8, 4) is 11.5 Å². The number of nitrogens with one attached hydrogen (secondary N) is 2. The fourth-order valence-corrected chi connectivity index (χ4v) is 3.09. The number of morpholine rings is 1. The molecule has 0 radical (unpaired) electrons. The molecular weight excluding hydrogens is 452 g/mol. The van der Waals surface area contributed by atoms with Crippen LogP contribution in [0.15, 0.2) is 47.6 Å². The van der Waals surface area contributed by atoms with E-state index in [2.05, 4.69) is 15.8 Å². The average molecular weight is 475 g/mol. The second kappa shape index (κ2) is 11.8. The molecule has 1 aliphatic rings. The van der Waals surface area contributed by atoms with Crippen molar-refractivity contribution in [2.75, 3.05) is 45.3 Å². The van der Waals surface area contributed by atoms with Gasteiger partial charge in [0.25, 0.3) is 5.91 Å². The first-order chi connectivity index (χ1) is 16.0. The molecule has 0 bridgehead atoms. The van der Waals surface area contributed by atoms with Crippen molar-refractivity contribution in [3.05, 3.63) is 53.1 Å². The lowest BCUT2D eigenvalue weighted by molar-refractivity contribution is -0.137. The van der Waals surface area contributed by atoms with Gasteiger partial charge in [-0.25, -0.2) is 5.43 Å². The Morgan fingerprint density at radius 1 is 1.12 bits per heavy atom. The number of hydrazone groups is 1.